The fraction of sp³-hybridized carbons (Fsp3) is 0.273. The van der Waals surface area contributed by atoms with Crippen LogP contribution in [0, 0.1) is 0 Å². The number of rotatable bonds is 4. The molecule has 0 spiro atoms. The minimum absolute atomic E-state index is 0.0847. The van der Waals surface area contributed by atoms with Crippen molar-refractivity contribution in [2.24, 2.45) is 0 Å². The van der Waals surface area contributed by atoms with Crippen LogP contribution >= 0.6 is 11.6 Å². The standard InChI is InChI=1S/C11H12ClNO3/c1-16-11(15)9-6-8(4-2-3-5-14)7-13-10(9)12/h2,4,6-7,14H,3,5H2,1H3. The second-order valence-electron chi connectivity index (χ2n) is 3.01. The fourth-order valence-corrected chi connectivity index (χ4v) is 1.28. The van der Waals surface area contributed by atoms with Gasteiger partial charge in [0.25, 0.3) is 0 Å². The summed E-state index contributed by atoms with van der Waals surface area (Å²) in [5.41, 5.74) is 0.966. The lowest BCUT2D eigenvalue weighted by molar-refractivity contribution is 0.0600. The normalized spacial score (nSPS) is 10.7. The molecule has 1 aromatic heterocycles. The first-order chi connectivity index (χ1) is 7.69. The molecule has 0 aromatic carbocycles. The van der Waals surface area contributed by atoms with E-state index in [-0.39, 0.29) is 17.3 Å². The summed E-state index contributed by atoms with van der Waals surface area (Å²) < 4.78 is 4.57. The van der Waals surface area contributed by atoms with Gasteiger partial charge in [-0.05, 0) is 18.1 Å². The Morgan fingerprint density at radius 2 is 2.44 bits per heavy atom. The molecular weight excluding hydrogens is 230 g/mol. The van der Waals surface area contributed by atoms with Gasteiger partial charge in [0.15, 0.2) is 0 Å². The predicted octanol–water partition coefficient (Wildman–Crippen LogP) is 1.92. The van der Waals surface area contributed by atoms with Gasteiger partial charge in [-0.3, -0.25) is 0 Å². The number of hydrogen-bond donors (Lipinski definition) is 1. The fourth-order valence-electron chi connectivity index (χ4n) is 1.10. The highest BCUT2D eigenvalue weighted by atomic mass is 35.5. The molecular formula is C11H12ClNO3. The van der Waals surface area contributed by atoms with E-state index in [1.54, 1.807) is 24.4 Å². The summed E-state index contributed by atoms with van der Waals surface area (Å²) >= 11 is 5.76. The van der Waals surface area contributed by atoms with Crippen LogP contribution in [0.5, 0.6) is 0 Å². The van der Waals surface area contributed by atoms with Crippen LogP contribution in [-0.2, 0) is 4.74 Å². The molecule has 0 amide bonds. The molecule has 5 heteroatoms. The quantitative estimate of drug-likeness (QED) is 0.646. The number of nitrogens with zero attached hydrogens (tertiary/aromatic N) is 1. The predicted molar refractivity (Wildman–Crippen MR) is 61.3 cm³/mol. The zero-order chi connectivity index (χ0) is 12.0. The van der Waals surface area contributed by atoms with Crippen LogP contribution in [-0.4, -0.2) is 29.8 Å². The molecule has 0 saturated carbocycles. The number of aliphatic hydroxyl groups is 1. The number of carbonyl (C=O) groups excluding carboxylic acids is 1. The molecule has 0 unspecified atom stereocenters. The van der Waals surface area contributed by atoms with Crippen LogP contribution in [0.1, 0.15) is 22.3 Å². The summed E-state index contributed by atoms with van der Waals surface area (Å²) in [6.45, 7) is 0.0847. The molecule has 86 valence electrons. The van der Waals surface area contributed by atoms with Gasteiger partial charge in [-0.15, -0.1) is 0 Å². The Balaban J connectivity index is 2.93. The van der Waals surface area contributed by atoms with Crippen LogP contribution in [0.15, 0.2) is 18.3 Å². The number of carbonyl (C=O) groups is 1. The number of halogens is 1. The zero-order valence-electron chi connectivity index (χ0n) is 8.81. The summed E-state index contributed by atoms with van der Waals surface area (Å²) in [6, 6.07) is 1.59. The number of ether oxygens (including phenoxy) is 1. The van der Waals surface area contributed by atoms with Crippen LogP contribution in [0.4, 0.5) is 0 Å². The third-order valence-electron chi connectivity index (χ3n) is 1.87. The molecule has 1 N–H and O–H groups in total. The number of aromatic nitrogens is 1. The molecule has 0 aliphatic heterocycles. The number of esters is 1. The van der Waals surface area contributed by atoms with Gasteiger partial charge in [0.05, 0.1) is 12.7 Å². The molecule has 0 bridgehead atoms. The van der Waals surface area contributed by atoms with Crippen molar-refractivity contribution in [3.05, 3.63) is 34.6 Å². The molecule has 0 saturated heterocycles. The molecule has 4 nitrogen and oxygen atoms in total. The molecule has 0 aliphatic rings. The van der Waals surface area contributed by atoms with Crippen molar-refractivity contribution >= 4 is 23.6 Å². The van der Waals surface area contributed by atoms with Crippen LogP contribution < -0.4 is 0 Å². The molecule has 1 heterocycles. The van der Waals surface area contributed by atoms with Gasteiger partial charge in [-0.25, -0.2) is 9.78 Å². The topological polar surface area (TPSA) is 59.4 Å². The number of pyridine rings is 1. The number of methoxy groups -OCH3 is 1. The van der Waals surface area contributed by atoms with Gasteiger partial charge in [-0.1, -0.05) is 23.8 Å². The Kier molecular flexibility index (Phi) is 4.95. The molecule has 0 atom stereocenters. The van der Waals surface area contributed by atoms with Crippen molar-refractivity contribution in [2.45, 2.75) is 6.42 Å². The largest absolute Gasteiger partial charge is 0.465 e. The van der Waals surface area contributed by atoms with Gasteiger partial charge < -0.3 is 9.84 Å². The summed E-state index contributed by atoms with van der Waals surface area (Å²) in [6.07, 6.45) is 5.64. The lowest BCUT2D eigenvalue weighted by atomic mass is 10.2. The molecule has 0 aliphatic carbocycles. The summed E-state index contributed by atoms with van der Waals surface area (Å²) in [5.74, 6) is -0.519. The zero-order valence-corrected chi connectivity index (χ0v) is 9.57. The summed E-state index contributed by atoms with van der Waals surface area (Å²) in [7, 11) is 1.28. The van der Waals surface area contributed by atoms with E-state index in [0.29, 0.717) is 6.42 Å². The highest BCUT2D eigenvalue weighted by Gasteiger charge is 2.11. The van der Waals surface area contributed by atoms with Crippen molar-refractivity contribution in [1.82, 2.24) is 4.98 Å². The molecule has 0 fully saturated rings. The summed E-state index contributed by atoms with van der Waals surface area (Å²) in [4.78, 5) is 15.2. The average Bonchev–Trinajstić information content (AvgIpc) is 2.30. The van der Waals surface area contributed by atoms with Crippen LogP contribution in [0.3, 0.4) is 0 Å². The van der Waals surface area contributed by atoms with Crippen molar-refractivity contribution < 1.29 is 14.6 Å². The van der Waals surface area contributed by atoms with E-state index in [1.807, 2.05) is 0 Å². The smallest absolute Gasteiger partial charge is 0.341 e. The van der Waals surface area contributed by atoms with E-state index >= 15 is 0 Å². The maximum Gasteiger partial charge on any atom is 0.341 e. The first-order valence-corrected chi connectivity index (χ1v) is 5.08. The van der Waals surface area contributed by atoms with Crippen LogP contribution in [0.25, 0.3) is 6.08 Å². The van der Waals surface area contributed by atoms with Crippen molar-refractivity contribution in [3.8, 4) is 0 Å². The van der Waals surface area contributed by atoms with E-state index in [4.69, 9.17) is 16.7 Å². The first-order valence-electron chi connectivity index (χ1n) is 4.70. The molecule has 0 radical (unpaired) electrons. The second kappa shape index (κ2) is 6.25. The van der Waals surface area contributed by atoms with Gasteiger partial charge in [0.1, 0.15) is 5.15 Å². The Labute approximate surface area is 98.5 Å². The van der Waals surface area contributed by atoms with Crippen molar-refractivity contribution in [2.75, 3.05) is 13.7 Å². The van der Waals surface area contributed by atoms with E-state index < -0.39 is 5.97 Å². The first kappa shape index (κ1) is 12.7. The maximum absolute atomic E-state index is 11.3. The lowest BCUT2D eigenvalue weighted by Gasteiger charge is -2.02. The monoisotopic (exact) mass is 241 g/mol. The van der Waals surface area contributed by atoms with Crippen LogP contribution in [0.2, 0.25) is 5.15 Å². The van der Waals surface area contributed by atoms with Crippen molar-refractivity contribution in [3.63, 3.8) is 0 Å². The van der Waals surface area contributed by atoms with E-state index in [2.05, 4.69) is 9.72 Å². The molecule has 1 aromatic rings. The van der Waals surface area contributed by atoms with Crippen molar-refractivity contribution in [1.29, 1.82) is 0 Å². The molecule has 1 rings (SSSR count). The summed E-state index contributed by atoms with van der Waals surface area (Å²) in [5, 5.41) is 8.72. The third-order valence-corrected chi connectivity index (χ3v) is 2.17. The van der Waals surface area contributed by atoms with Gasteiger partial charge in [0, 0.05) is 12.8 Å². The van der Waals surface area contributed by atoms with E-state index in [9.17, 15) is 4.79 Å². The minimum atomic E-state index is -0.519. The Morgan fingerprint density at radius 3 is 3.06 bits per heavy atom. The Bertz CT molecular complexity index is 404. The average molecular weight is 242 g/mol. The Hall–Kier alpha value is -1.39. The minimum Gasteiger partial charge on any atom is -0.465 e. The van der Waals surface area contributed by atoms with Gasteiger partial charge in [-0.2, -0.15) is 0 Å². The lowest BCUT2D eigenvalue weighted by Crippen LogP contribution is -2.03. The number of hydrogen-bond acceptors (Lipinski definition) is 4. The van der Waals surface area contributed by atoms with E-state index in [0.717, 1.165) is 5.56 Å². The highest BCUT2D eigenvalue weighted by Crippen LogP contribution is 2.16. The highest BCUT2D eigenvalue weighted by molar-refractivity contribution is 6.32. The maximum atomic E-state index is 11.3. The van der Waals surface area contributed by atoms with E-state index in [1.165, 1.54) is 7.11 Å². The number of aliphatic hydroxyl groups excluding tert-OH is 1. The third kappa shape index (κ3) is 3.32. The molecule has 16 heavy (non-hydrogen) atoms. The van der Waals surface area contributed by atoms with Gasteiger partial charge >= 0.3 is 5.97 Å². The Morgan fingerprint density at radius 1 is 1.69 bits per heavy atom. The van der Waals surface area contributed by atoms with Gasteiger partial charge in [0.2, 0.25) is 0 Å². The second-order valence-corrected chi connectivity index (χ2v) is 3.37. The SMILES string of the molecule is COC(=O)c1cc(C=CCCO)cnc1Cl.